The Bertz CT molecular complexity index is 598. The summed E-state index contributed by atoms with van der Waals surface area (Å²) in [4.78, 5) is 11.6. The van der Waals surface area contributed by atoms with Crippen molar-refractivity contribution in [2.75, 3.05) is 13.2 Å². The first kappa shape index (κ1) is 15.1. The van der Waals surface area contributed by atoms with Gasteiger partial charge in [-0.2, -0.15) is 0 Å². The van der Waals surface area contributed by atoms with Crippen LogP contribution in [0.1, 0.15) is 27.4 Å². The van der Waals surface area contributed by atoms with Gasteiger partial charge in [0.25, 0.3) is 5.91 Å². The number of nitrogens with one attached hydrogen (secondary N) is 1. The highest BCUT2D eigenvalue weighted by atomic mass is 16.5. The van der Waals surface area contributed by atoms with Crippen LogP contribution >= 0.6 is 0 Å². The summed E-state index contributed by atoms with van der Waals surface area (Å²) >= 11 is 0. The SMILES string of the molecule is Cc1cc(C)cc(OCc2ccc(C(=O)NCCO)o2)c1. The molecule has 0 bridgehead atoms. The Morgan fingerprint density at radius 2 is 1.95 bits per heavy atom. The number of aliphatic hydroxyl groups is 1. The van der Waals surface area contributed by atoms with Crippen LogP contribution in [-0.2, 0) is 6.61 Å². The molecule has 0 aliphatic rings. The van der Waals surface area contributed by atoms with Crippen LogP contribution in [0.15, 0.2) is 34.7 Å². The molecule has 0 aliphatic carbocycles. The first-order chi connectivity index (χ1) is 10.1. The highest BCUT2D eigenvalue weighted by Gasteiger charge is 2.10. The summed E-state index contributed by atoms with van der Waals surface area (Å²) in [5, 5.41) is 11.2. The van der Waals surface area contributed by atoms with Gasteiger partial charge in [0.05, 0.1) is 6.61 Å². The van der Waals surface area contributed by atoms with Gasteiger partial charge in [0.1, 0.15) is 18.1 Å². The van der Waals surface area contributed by atoms with Crippen molar-refractivity contribution in [3.8, 4) is 5.75 Å². The van der Waals surface area contributed by atoms with Gasteiger partial charge in [-0.05, 0) is 49.2 Å². The normalized spacial score (nSPS) is 10.4. The molecule has 0 aliphatic heterocycles. The molecule has 0 fully saturated rings. The molecule has 112 valence electrons. The number of ether oxygens (including phenoxy) is 1. The van der Waals surface area contributed by atoms with E-state index in [1.54, 1.807) is 12.1 Å². The molecule has 5 nitrogen and oxygen atoms in total. The Balaban J connectivity index is 1.95. The number of rotatable bonds is 6. The summed E-state index contributed by atoms with van der Waals surface area (Å²) < 4.78 is 11.1. The molecule has 1 aromatic heterocycles. The highest BCUT2D eigenvalue weighted by Crippen LogP contribution is 2.18. The number of furan rings is 1. The van der Waals surface area contributed by atoms with E-state index in [0.29, 0.717) is 5.76 Å². The van der Waals surface area contributed by atoms with E-state index in [0.717, 1.165) is 16.9 Å². The average molecular weight is 289 g/mol. The van der Waals surface area contributed by atoms with Gasteiger partial charge in [-0.3, -0.25) is 4.79 Å². The summed E-state index contributed by atoms with van der Waals surface area (Å²) in [6, 6.07) is 9.27. The fourth-order valence-electron chi connectivity index (χ4n) is 2.00. The van der Waals surface area contributed by atoms with Gasteiger partial charge in [0.15, 0.2) is 5.76 Å². The van der Waals surface area contributed by atoms with Gasteiger partial charge in [0.2, 0.25) is 0 Å². The first-order valence-electron chi connectivity index (χ1n) is 6.77. The lowest BCUT2D eigenvalue weighted by Gasteiger charge is -2.06. The largest absolute Gasteiger partial charge is 0.486 e. The smallest absolute Gasteiger partial charge is 0.287 e. The molecular formula is C16H19NO4. The minimum atomic E-state index is -0.346. The Labute approximate surface area is 123 Å². The predicted octanol–water partition coefficient (Wildman–Crippen LogP) is 2.20. The number of benzene rings is 1. The number of amides is 1. The monoisotopic (exact) mass is 289 g/mol. The third kappa shape index (κ3) is 4.36. The van der Waals surface area contributed by atoms with Gasteiger partial charge in [-0.15, -0.1) is 0 Å². The molecule has 0 saturated carbocycles. The number of hydrogen-bond acceptors (Lipinski definition) is 4. The van der Waals surface area contributed by atoms with Crippen molar-refractivity contribution >= 4 is 5.91 Å². The van der Waals surface area contributed by atoms with Crippen LogP contribution in [0.4, 0.5) is 0 Å². The maximum atomic E-state index is 11.6. The molecule has 2 rings (SSSR count). The van der Waals surface area contributed by atoms with Crippen molar-refractivity contribution in [3.63, 3.8) is 0 Å². The second kappa shape index (κ2) is 6.95. The highest BCUT2D eigenvalue weighted by molar-refractivity contribution is 5.91. The van der Waals surface area contributed by atoms with Crippen molar-refractivity contribution < 1.29 is 19.1 Å². The van der Waals surface area contributed by atoms with Gasteiger partial charge in [-0.1, -0.05) is 6.07 Å². The van der Waals surface area contributed by atoms with Crippen LogP contribution in [0.3, 0.4) is 0 Å². The zero-order valence-corrected chi connectivity index (χ0v) is 12.2. The molecular weight excluding hydrogens is 270 g/mol. The van der Waals surface area contributed by atoms with Crippen molar-refractivity contribution in [2.24, 2.45) is 0 Å². The Hall–Kier alpha value is -2.27. The summed E-state index contributed by atoms with van der Waals surface area (Å²) in [5.41, 5.74) is 2.27. The summed E-state index contributed by atoms with van der Waals surface area (Å²) in [6.07, 6.45) is 0. The van der Waals surface area contributed by atoms with Crippen LogP contribution in [0.25, 0.3) is 0 Å². The van der Waals surface area contributed by atoms with Crippen LogP contribution in [0.5, 0.6) is 5.75 Å². The third-order valence-electron chi connectivity index (χ3n) is 2.86. The molecule has 2 aromatic rings. The van der Waals surface area contributed by atoms with E-state index < -0.39 is 0 Å². The number of carbonyl (C=O) groups excluding carboxylic acids is 1. The topological polar surface area (TPSA) is 71.7 Å². The fourth-order valence-corrected chi connectivity index (χ4v) is 2.00. The molecule has 1 amide bonds. The molecule has 0 saturated heterocycles. The number of aliphatic hydroxyl groups excluding tert-OH is 1. The second-order valence-electron chi connectivity index (χ2n) is 4.86. The van der Waals surface area contributed by atoms with Crippen LogP contribution in [0.2, 0.25) is 0 Å². The van der Waals surface area contributed by atoms with E-state index in [1.165, 1.54) is 0 Å². The van der Waals surface area contributed by atoms with Crippen molar-refractivity contribution in [1.29, 1.82) is 0 Å². The molecule has 21 heavy (non-hydrogen) atoms. The van der Waals surface area contributed by atoms with E-state index >= 15 is 0 Å². The van der Waals surface area contributed by atoms with Crippen molar-refractivity contribution in [2.45, 2.75) is 20.5 Å². The Kier molecular flexibility index (Phi) is 5.00. The Morgan fingerprint density at radius 1 is 1.24 bits per heavy atom. The first-order valence-corrected chi connectivity index (χ1v) is 6.77. The summed E-state index contributed by atoms with van der Waals surface area (Å²) in [6.45, 7) is 4.38. The number of hydrogen-bond donors (Lipinski definition) is 2. The van der Waals surface area contributed by atoms with Crippen molar-refractivity contribution in [3.05, 3.63) is 53.0 Å². The summed E-state index contributed by atoms with van der Waals surface area (Å²) in [7, 11) is 0. The van der Waals surface area contributed by atoms with Gasteiger partial charge in [-0.25, -0.2) is 0 Å². The molecule has 0 radical (unpaired) electrons. The third-order valence-corrected chi connectivity index (χ3v) is 2.86. The number of carbonyl (C=O) groups is 1. The van der Waals surface area contributed by atoms with Crippen LogP contribution in [-0.4, -0.2) is 24.2 Å². The average Bonchev–Trinajstić information content (AvgIpc) is 2.90. The lowest BCUT2D eigenvalue weighted by molar-refractivity contribution is 0.0913. The predicted molar refractivity (Wildman–Crippen MR) is 78.4 cm³/mol. The van der Waals surface area contributed by atoms with Gasteiger partial charge < -0.3 is 19.6 Å². The van der Waals surface area contributed by atoms with E-state index in [1.807, 2.05) is 26.0 Å². The zero-order chi connectivity index (χ0) is 15.2. The molecule has 0 unspecified atom stereocenters. The standard InChI is InChI=1S/C16H19NO4/c1-11-7-12(2)9-14(8-11)20-10-13-3-4-15(21-13)16(19)17-5-6-18/h3-4,7-9,18H,5-6,10H2,1-2H3,(H,17,19). The maximum absolute atomic E-state index is 11.6. The molecule has 0 atom stereocenters. The molecule has 1 aromatic carbocycles. The van der Waals surface area contributed by atoms with Gasteiger partial charge >= 0.3 is 0 Å². The second-order valence-corrected chi connectivity index (χ2v) is 4.86. The van der Waals surface area contributed by atoms with Gasteiger partial charge in [0, 0.05) is 6.54 Å². The summed E-state index contributed by atoms with van der Waals surface area (Å²) in [5.74, 6) is 1.21. The Morgan fingerprint density at radius 3 is 2.62 bits per heavy atom. The quantitative estimate of drug-likeness (QED) is 0.855. The zero-order valence-electron chi connectivity index (χ0n) is 12.2. The number of aryl methyl sites for hydroxylation is 2. The lowest BCUT2D eigenvalue weighted by Crippen LogP contribution is -2.25. The van der Waals surface area contributed by atoms with Crippen LogP contribution in [0, 0.1) is 13.8 Å². The lowest BCUT2D eigenvalue weighted by atomic mass is 10.1. The van der Waals surface area contributed by atoms with Crippen molar-refractivity contribution in [1.82, 2.24) is 5.32 Å². The minimum absolute atomic E-state index is 0.102. The maximum Gasteiger partial charge on any atom is 0.287 e. The van der Waals surface area contributed by atoms with E-state index in [4.69, 9.17) is 14.3 Å². The van der Waals surface area contributed by atoms with Crippen LogP contribution < -0.4 is 10.1 Å². The van der Waals surface area contributed by atoms with E-state index in [-0.39, 0.29) is 31.4 Å². The molecule has 2 N–H and O–H groups in total. The minimum Gasteiger partial charge on any atom is -0.486 e. The fraction of sp³-hybridized carbons (Fsp3) is 0.312. The molecule has 1 heterocycles. The molecule has 5 heteroatoms. The van der Waals surface area contributed by atoms with E-state index in [2.05, 4.69) is 11.4 Å². The molecule has 0 spiro atoms. The van der Waals surface area contributed by atoms with E-state index in [9.17, 15) is 4.79 Å².